The van der Waals surface area contributed by atoms with E-state index in [1.165, 1.54) is 12.8 Å². The molecule has 3 aliphatic rings. The smallest absolute Gasteiger partial charge is 0.256 e. The van der Waals surface area contributed by atoms with Crippen molar-refractivity contribution in [3.8, 4) is 0 Å². The second-order valence-corrected chi connectivity index (χ2v) is 7.19. The number of carbonyl (C=O) groups is 1. The largest absolute Gasteiger partial charge is 0.364 e. The molecule has 4 atom stereocenters. The molecule has 0 N–H and O–H groups in total. The van der Waals surface area contributed by atoms with Crippen LogP contribution < -0.4 is 4.90 Å². The molecule has 0 bridgehead atoms. The fourth-order valence-electron chi connectivity index (χ4n) is 4.42. The van der Waals surface area contributed by atoms with Gasteiger partial charge < -0.3 is 9.80 Å². The molecule has 3 nitrogen and oxygen atoms in total. The molecule has 3 aliphatic heterocycles. The van der Waals surface area contributed by atoms with Gasteiger partial charge in [0.05, 0.1) is 5.56 Å². The van der Waals surface area contributed by atoms with Gasteiger partial charge in [0, 0.05) is 30.4 Å². The van der Waals surface area contributed by atoms with Gasteiger partial charge in [0.25, 0.3) is 5.91 Å². The number of benzene rings is 1. The maximum absolute atomic E-state index is 13.2. The van der Waals surface area contributed by atoms with Crippen LogP contribution >= 0.6 is 0 Å². The first-order valence-corrected chi connectivity index (χ1v) is 8.33. The molecule has 0 aliphatic carbocycles. The van der Waals surface area contributed by atoms with Gasteiger partial charge in [0.1, 0.15) is 0 Å². The van der Waals surface area contributed by atoms with Crippen molar-refractivity contribution in [2.45, 2.75) is 57.7 Å². The summed E-state index contributed by atoms with van der Waals surface area (Å²) in [6.45, 7) is 5.69. The molecule has 0 saturated carbocycles. The summed E-state index contributed by atoms with van der Waals surface area (Å²) in [5.41, 5.74) is 2.06. The SMILES string of the molecule is CC1CCC2CC3CN3c3ccccc3C(=O)N2C(C)C1. The minimum absolute atomic E-state index is 0.252. The zero-order valence-electron chi connectivity index (χ0n) is 13.0. The Kier molecular flexibility index (Phi) is 2.98. The average Bonchev–Trinajstić information content (AvgIpc) is 3.23. The summed E-state index contributed by atoms with van der Waals surface area (Å²) < 4.78 is 0. The van der Waals surface area contributed by atoms with Gasteiger partial charge in [-0.1, -0.05) is 19.1 Å². The van der Waals surface area contributed by atoms with Crippen molar-refractivity contribution in [3.05, 3.63) is 29.8 Å². The number of hydrogen-bond donors (Lipinski definition) is 0. The molecule has 2 saturated heterocycles. The summed E-state index contributed by atoms with van der Waals surface area (Å²) in [6, 6.07) is 9.60. The van der Waals surface area contributed by atoms with Crippen molar-refractivity contribution in [1.29, 1.82) is 0 Å². The van der Waals surface area contributed by atoms with Crippen LogP contribution in [0.25, 0.3) is 0 Å². The predicted molar refractivity (Wildman–Crippen MR) is 84.6 cm³/mol. The van der Waals surface area contributed by atoms with Gasteiger partial charge in [-0.05, 0) is 50.7 Å². The van der Waals surface area contributed by atoms with E-state index in [1.54, 1.807) is 0 Å². The summed E-state index contributed by atoms with van der Waals surface area (Å²) >= 11 is 0. The topological polar surface area (TPSA) is 23.3 Å². The second-order valence-electron chi connectivity index (χ2n) is 7.19. The van der Waals surface area contributed by atoms with Crippen molar-refractivity contribution in [2.75, 3.05) is 11.4 Å². The van der Waals surface area contributed by atoms with Crippen LogP contribution in [-0.4, -0.2) is 35.5 Å². The summed E-state index contributed by atoms with van der Waals surface area (Å²) in [7, 11) is 0. The Morgan fingerprint density at radius 2 is 1.86 bits per heavy atom. The molecule has 4 unspecified atom stereocenters. The quantitative estimate of drug-likeness (QED) is 0.682. The molecule has 21 heavy (non-hydrogen) atoms. The average molecular weight is 284 g/mol. The Morgan fingerprint density at radius 3 is 2.71 bits per heavy atom. The predicted octanol–water partition coefficient (Wildman–Crippen LogP) is 3.30. The van der Waals surface area contributed by atoms with Crippen LogP contribution in [0.2, 0.25) is 0 Å². The molecule has 0 radical (unpaired) electrons. The van der Waals surface area contributed by atoms with Crippen molar-refractivity contribution < 1.29 is 4.79 Å². The summed E-state index contributed by atoms with van der Waals surface area (Å²) in [4.78, 5) is 17.8. The van der Waals surface area contributed by atoms with Crippen molar-refractivity contribution in [1.82, 2.24) is 4.90 Å². The van der Waals surface area contributed by atoms with Gasteiger partial charge in [-0.25, -0.2) is 0 Å². The first kappa shape index (κ1) is 13.2. The number of amides is 1. The van der Waals surface area contributed by atoms with E-state index in [4.69, 9.17) is 0 Å². The van der Waals surface area contributed by atoms with E-state index in [0.717, 1.165) is 36.6 Å². The number of anilines is 1. The Bertz CT molecular complexity index is 570. The van der Waals surface area contributed by atoms with E-state index in [-0.39, 0.29) is 5.91 Å². The Balaban J connectivity index is 1.77. The van der Waals surface area contributed by atoms with Crippen molar-refractivity contribution in [2.24, 2.45) is 5.92 Å². The maximum Gasteiger partial charge on any atom is 0.256 e. The minimum Gasteiger partial charge on any atom is -0.364 e. The van der Waals surface area contributed by atoms with E-state index in [0.29, 0.717) is 18.1 Å². The number of hydrogen-bond acceptors (Lipinski definition) is 2. The molecule has 1 aromatic carbocycles. The minimum atomic E-state index is 0.252. The van der Waals surface area contributed by atoms with E-state index in [1.807, 2.05) is 12.1 Å². The van der Waals surface area contributed by atoms with E-state index in [2.05, 4.69) is 35.8 Å². The lowest BCUT2D eigenvalue weighted by molar-refractivity contribution is 0.0578. The highest BCUT2D eigenvalue weighted by Gasteiger charge is 2.44. The number of nitrogens with zero attached hydrogens (tertiary/aromatic N) is 2. The fraction of sp³-hybridized carbons (Fsp3) is 0.611. The Hall–Kier alpha value is -1.51. The van der Waals surface area contributed by atoms with Crippen LogP contribution in [0, 0.1) is 5.92 Å². The van der Waals surface area contributed by atoms with Gasteiger partial charge in [-0.15, -0.1) is 0 Å². The third-order valence-corrected chi connectivity index (χ3v) is 5.54. The van der Waals surface area contributed by atoms with Gasteiger partial charge in [-0.3, -0.25) is 4.79 Å². The first-order valence-electron chi connectivity index (χ1n) is 8.33. The van der Waals surface area contributed by atoms with Crippen molar-refractivity contribution >= 4 is 11.6 Å². The highest BCUT2D eigenvalue weighted by atomic mass is 16.2. The molecular weight excluding hydrogens is 260 g/mol. The molecule has 0 spiro atoms. The normalized spacial score (nSPS) is 35.0. The van der Waals surface area contributed by atoms with Gasteiger partial charge in [0.15, 0.2) is 0 Å². The fourth-order valence-corrected chi connectivity index (χ4v) is 4.42. The highest BCUT2D eigenvalue weighted by molar-refractivity contribution is 6.01. The molecule has 112 valence electrons. The third-order valence-electron chi connectivity index (χ3n) is 5.54. The molecule has 3 heterocycles. The molecular formula is C18H24N2O. The van der Waals surface area contributed by atoms with Gasteiger partial charge in [0.2, 0.25) is 0 Å². The number of rotatable bonds is 0. The van der Waals surface area contributed by atoms with Crippen LogP contribution in [0.3, 0.4) is 0 Å². The summed E-state index contributed by atoms with van der Waals surface area (Å²) in [5.74, 6) is 0.981. The standard InChI is InChI=1S/C18H24N2O/c1-12-7-8-14-10-15-11-19(15)17-6-4-3-5-16(17)18(21)20(14)13(2)9-12/h3-6,12-15H,7-11H2,1-2H3. The van der Waals surface area contributed by atoms with Crippen LogP contribution in [0.5, 0.6) is 0 Å². The van der Waals surface area contributed by atoms with E-state index >= 15 is 0 Å². The molecule has 1 amide bonds. The van der Waals surface area contributed by atoms with Crippen LogP contribution in [0.1, 0.15) is 49.9 Å². The van der Waals surface area contributed by atoms with E-state index in [9.17, 15) is 4.79 Å². The maximum atomic E-state index is 13.2. The van der Waals surface area contributed by atoms with Gasteiger partial charge >= 0.3 is 0 Å². The number of carbonyl (C=O) groups excluding carboxylic acids is 1. The second kappa shape index (κ2) is 4.75. The zero-order chi connectivity index (χ0) is 14.6. The monoisotopic (exact) mass is 284 g/mol. The van der Waals surface area contributed by atoms with Crippen LogP contribution in [0.15, 0.2) is 24.3 Å². The van der Waals surface area contributed by atoms with E-state index < -0.39 is 0 Å². The van der Waals surface area contributed by atoms with Crippen molar-refractivity contribution in [3.63, 3.8) is 0 Å². The Labute approximate surface area is 126 Å². The number of para-hydroxylation sites is 1. The Morgan fingerprint density at radius 1 is 1.05 bits per heavy atom. The molecule has 2 fully saturated rings. The molecule has 4 rings (SSSR count). The molecule has 1 aromatic rings. The summed E-state index contributed by atoms with van der Waals surface area (Å²) in [5, 5.41) is 0. The number of fused-ring (bicyclic) bond motifs is 4. The highest BCUT2D eigenvalue weighted by Crippen LogP contribution is 2.40. The van der Waals surface area contributed by atoms with Crippen LogP contribution in [-0.2, 0) is 0 Å². The lowest BCUT2D eigenvalue weighted by atomic mass is 9.98. The first-order chi connectivity index (χ1) is 10.1. The van der Waals surface area contributed by atoms with Crippen LogP contribution in [0.4, 0.5) is 5.69 Å². The molecule has 0 aromatic heterocycles. The third kappa shape index (κ3) is 2.14. The summed E-state index contributed by atoms with van der Waals surface area (Å²) in [6.07, 6.45) is 4.72. The lowest BCUT2D eigenvalue weighted by Crippen LogP contribution is -2.47. The lowest BCUT2D eigenvalue weighted by Gasteiger charge is -2.37. The zero-order valence-corrected chi connectivity index (χ0v) is 13.0. The molecule has 3 heteroatoms. The van der Waals surface area contributed by atoms with Gasteiger partial charge in [-0.2, -0.15) is 0 Å².